The minimum absolute atomic E-state index is 0.0729. The van der Waals surface area contributed by atoms with Crippen molar-refractivity contribution in [2.45, 2.75) is 32.3 Å². The van der Waals surface area contributed by atoms with Crippen LogP contribution in [0.2, 0.25) is 0 Å². The molecule has 1 aromatic carbocycles. The number of hydrogen-bond donors (Lipinski definition) is 1. The van der Waals surface area contributed by atoms with Crippen LogP contribution in [0.4, 0.5) is 10.5 Å². The Kier molecular flexibility index (Phi) is 4.21. The van der Waals surface area contributed by atoms with Crippen molar-refractivity contribution in [2.75, 3.05) is 18.8 Å². The second-order valence-electron chi connectivity index (χ2n) is 6.42. The van der Waals surface area contributed by atoms with Crippen molar-refractivity contribution in [1.29, 1.82) is 0 Å². The highest BCUT2D eigenvalue weighted by atomic mass is 16.6. The maximum atomic E-state index is 12.1. The quantitative estimate of drug-likeness (QED) is 0.670. The number of rotatable bonds is 2. The van der Waals surface area contributed by atoms with Gasteiger partial charge >= 0.3 is 6.09 Å². The predicted octanol–water partition coefficient (Wildman–Crippen LogP) is 2.42. The molecule has 1 fully saturated rings. The number of nitrogen functional groups attached to an aromatic ring is 1. The van der Waals surface area contributed by atoms with Crippen molar-refractivity contribution >= 4 is 18.1 Å². The number of nitrogens with two attached hydrogens (primary N) is 1. The molecule has 2 atom stereocenters. The zero-order valence-electron chi connectivity index (χ0n) is 12.7. The van der Waals surface area contributed by atoms with E-state index in [-0.39, 0.29) is 17.9 Å². The number of aldehydes is 1. The number of likely N-dealkylation sites (tertiary alicyclic amines) is 1. The van der Waals surface area contributed by atoms with Gasteiger partial charge in [0, 0.05) is 30.6 Å². The molecule has 0 bridgehead atoms. The van der Waals surface area contributed by atoms with E-state index in [4.69, 9.17) is 10.5 Å². The largest absolute Gasteiger partial charge is 0.444 e. The first-order valence-corrected chi connectivity index (χ1v) is 7.09. The molecular weight excluding hydrogens is 268 g/mol. The molecule has 5 heteroatoms. The summed E-state index contributed by atoms with van der Waals surface area (Å²) in [7, 11) is 0. The van der Waals surface area contributed by atoms with Gasteiger partial charge in [0.05, 0.1) is 0 Å². The summed E-state index contributed by atoms with van der Waals surface area (Å²) < 4.78 is 5.37. The number of para-hydroxylation sites is 1. The van der Waals surface area contributed by atoms with Crippen LogP contribution in [0.5, 0.6) is 0 Å². The van der Waals surface area contributed by atoms with Gasteiger partial charge in [0.25, 0.3) is 0 Å². The molecule has 0 aliphatic carbocycles. The van der Waals surface area contributed by atoms with Crippen molar-refractivity contribution in [1.82, 2.24) is 4.90 Å². The summed E-state index contributed by atoms with van der Waals surface area (Å²) in [6.07, 6.45) is 0.521. The third-order valence-electron chi connectivity index (χ3n) is 3.59. The van der Waals surface area contributed by atoms with Gasteiger partial charge in [0.2, 0.25) is 0 Å². The lowest BCUT2D eigenvalue weighted by atomic mass is 9.89. The normalized spacial score (nSPS) is 22.1. The van der Waals surface area contributed by atoms with E-state index in [2.05, 4.69) is 0 Å². The van der Waals surface area contributed by atoms with E-state index in [1.165, 1.54) is 0 Å². The zero-order chi connectivity index (χ0) is 15.6. The molecule has 2 rings (SSSR count). The van der Waals surface area contributed by atoms with Crippen molar-refractivity contribution in [3.05, 3.63) is 29.8 Å². The zero-order valence-corrected chi connectivity index (χ0v) is 12.7. The summed E-state index contributed by atoms with van der Waals surface area (Å²) >= 11 is 0. The molecule has 1 aromatic rings. The highest BCUT2D eigenvalue weighted by Crippen LogP contribution is 2.35. The van der Waals surface area contributed by atoms with Crippen molar-refractivity contribution in [3.8, 4) is 0 Å². The van der Waals surface area contributed by atoms with Gasteiger partial charge in [-0.25, -0.2) is 4.79 Å². The molecule has 0 radical (unpaired) electrons. The summed E-state index contributed by atoms with van der Waals surface area (Å²) in [5.74, 6) is -0.321. The van der Waals surface area contributed by atoms with Gasteiger partial charge in [-0.3, -0.25) is 0 Å². The van der Waals surface area contributed by atoms with Gasteiger partial charge in [-0.05, 0) is 32.4 Å². The van der Waals surface area contributed by atoms with E-state index in [9.17, 15) is 9.59 Å². The first-order valence-electron chi connectivity index (χ1n) is 7.09. The molecule has 0 aromatic heterocycles. The van der Waals surface area contributed by atoms with Crippen LogP contribution in [0.25, 0.3) is 0 Å². The number of nitrogens with zero attached hydrogens (tertiary/aromatic N) is 1. The number of ether oxygens (including phenoxy) is 1. The fourth-order valence-corrected chi connectivity index (χ4v) is 2.62. The van der Waals surface area contributed by atoms with Crippen LogP contribution in [0.1, 0.15) is 32.3 Å². The highest BCUT2D eigenvalue weighted by Gasteiger charge is 2.38. The number of amides is 1. The molecular formula is C16H22N2O3. The summed E-state index contributed by atoms with van der Waals surface area (Å²) in [5, 5.41) is 0. The van der Waals surface area contributed by atoms with Gasteiger partial charge in [-0.15, -0.1) is 0 Å². The number of carbonyl (C=O) groups is 2. The first-order chi connectivity index (χ1) is 9.81. The van der Waals surface area contributed by atoms with Crippen molar-refractivity contribution < 1.29 is 14.3 Å². The van der Waals surface area contributed by atoms with E-state index < -0.39 is 5.60 Å². The monoisotopic (exact) mass is 290 g/mol. The SMILES string of the molecule is CC(C)(C)OC(=O)N1C[C@H](C=O)[C@H](c2ccccc2N)C1. The molecule has 21 heavy (non-hydrogen) atoms. The maximum absolute atomic E-state index is 12.1. The van der Waals surface area contributed by atoms with Crippen LogP contribution in [0.3, 0.4) is 0 Å². The summed E-state index contributed by atoms with van der Waals surface area (Å²) in [5.41, 5.74) is 7.02. The average Bonchev–Trinajstić information content (AvgIpc) is 2.81. The third kappa shape index (κ3) is 3.54. The molecule has 114 valence electrons. The number of benzene rings is 1. The second-order valence-corrected chi connectivity index (χ2v) is 6.42. The summed E-state index contributed by atoms with van der Waals surface area (Å²) in [6.45, 7) is 6.30. The van der Waals surface area contributed by atoms with Gasteiger partial charge in [-0.1, -0.05) is 18.2 Å². The standard InChI is InChI=1S/C16H22N2O3/c1-16(2,3)21-15(20)18-8-11(10-19)13(9-18)12-6-4-5-7-14(12)17/h4-7,10-11,13H,8-9,17H2,1-3H3/t11-,13-/m1/s1. The lowest BCUT2D eigenvalue weighted by Crippen LogP contribution is -2.35. The van der Waals surface area contributed by atoms with Crippen LogP contribution in [0, 0.1) is 5.92 Å². The van der Waals surface area contributed by atoms with E-state index in [1.54, 1.807) is 4.90 Å². The van der Waals surface area contributed by atoms with Crippen LogP contribution in [0.15, 0.2) is 24.3 Å². The Morgan fingerprint density at radius 2 is 2.00 bits per heavy atom. The lowest BCUT2D eigenvalue weighted by Gasteiger charge is -2.24. The Hall–Kier alpha value is -2.04. The Bertz CT molecular complexity index is 537. The topological polar surface area (TPSA) is 72.6 Å². The van der Waals surface area contributed by atoms with Crippen LogP contribution in [-0.4, -0.2) is 36.0 Å². The fourth-order valence-electron chi connectivity index (χ4n) is 2.62. The molecule has 1 heterocycles. The fraction of sp³-hybridized carbons (Fsp3) is 0.500. The number of carbonyl (C=O) groups excluding carboxylic acids is 2. The molecule has 2 N–H and O–H groups in total. The number of hydrogen-bond acceptors (Lipinski definition) is 4. The second kappa shape index (κ2) is 5.76. The van der Waals surface area contributed by atoms with E-state index in [0.717, 1.165) is 11.8 Å². The van der Waals surface area contributed by atoms with Crippen LogP contribution >= 0.6 is 0 Å². The van der Waals surface area contributed by atoms with Gasteiger partial charge in [0.15, 0.2) is 0 Å². The van der Waals surface area contributed by atoms with Crippen molar-refractivity contribution in [3.63, 3.8) is 0 Å². The first kappa shape index (κ1) is 15.4. The molecule has 0 spiro atoms. The molecule has 1 aliphatic heterocycles. The van der Waals surface area contributed by atoms with Crippen molar-refractivity contribution in [2.24, 2.45) is 5.92 Å². The van der Waals surface area contributed by atoms with E-state index in [1.807, 2.05) is 45.0 Å². The summed E-state index contributed by atoms with van der Waals surface area (Å²) in [4.78, 5) is 25.1. The summed E-state index contributed by atoms with van der Waals surface area (Å²) in [6, 6.07) is 7.47. The molecule has 0 unspecified atom stereocenters. The Balaban J connectivity index is 2.17. The third-order valence-corrected chi connectivity index (χ3v) is 3.59. The molecule has 1 aliphatic rings. The van der Waals surface area contributed by atoms with Crippen LogP contribution < -0.4 is 5.73 Å². The lowest BCUT2D eigenvalue weighted by molar-refractivity contribution is -0.111. The smallest absolute Gasteiger partial charge is 0.410 e. The highest BCUT2D eigenvalue weighted by molar-refractivity contribution is 5.71. The van der Waals surface area contributed by atoms with E-state index in [0.29, 0.717) is 18.8 Å². The molecule has 1 amide bonds. The van der Waals surface area contributed by atoms with Gasteiger partial charge in [0.1, 0.15) is 11.9 Å². The molecule has 0 saturated carbocycles. The Morgan fingerprint density at radius 1 is 1.33 bits per heavy atom. The maximum Gasteiger partial charge on any atom is 0.410 e. The molecule has 1 saturated heterocycles. The minimum Gasteiger partial charge on any atom is -0.444 e. The van der Waals surface area contributed by atoms with Crippen LogP contribution in [-0.2, 0) is 9.53 Å². The van der Waals surface area contributed by atoms with Gasteiger partial charge in [-0.2, -0.15) is 0 Å². The average molecular weight is 290 g/mol. The molecule has 5 nitrogen and oxygen atoms in total. The predicted molar refractivity (Wildman–Crippen MR) is 81.0 cm³/mol. The minimum atomic E-state index is -0.544. The van der Waals surface area contributed by atoms with E-state index >= 15 is 0 Å². The Morgan fingerprint density at radius 3 is 2.57 bits per heavy atom. The number of anilines is 1. The van der Waals surface area contributed by atoms with Gasteiger partial charge < -0.3 is 20.2 Å². The Labute approximate surface area is 125 Å².